The van der Waals surface area contributed by atoms with Gasteiger partial charge in [0.1, 0.15) is 0 Å². The van der Waals surface area contributed by atoms with Gasteiger partial charge in [-0.25, -0.2) is 0 Å². The number of para-hydroxylation sites is 1. The zero-order valence-electron chi connectivity index (χ0n) is 13.0. The van der Waals surface area contributed by atoms with Crippen molar-refractivity contribution in [3.05, 3.63) is 30.3 Å². The van der Waals surface area contributed by atoms with Gasteiger partial charge in [0, 0.05) is 38.5 Å². The maximum atomic E-state index is 5.90. The van der Waals surface area contributed by atoms with Crippen LogP contribution in [-0.4, -0.2) is 45.4 Å². The average molecular weight is 290 g/mol. The lowest BCUT2D eigenvalue weighted by molar-refractivity contribution is 0.179. The molecular formula is C16H26N4O. The summed E-state index contributed by atoms with van der Waals surface area (Å²) in [4.78, 5) is 6.87. The molecule has 1 aromatic carbocycles. The Morgan fingerprint density at radius 2 is 2.24 bits per heavy atom. The molecule has 0 radical (unpaired) electrons. The van der Waals surface area contributed by atoms with Crippen molar-refractivity contribution in [1.29, 1.82) is 0 Å². The average Bonchev–Trinajstić information content (AvgIpc) is 2.95. The summed E-state index contributed by atoms with van der Waals surface area (Å²) in [5.41, 5.74) is 7.19. The molecule has 0 bridgehead atoms. The van der Waals surface area contributed by atoms with Crippen LogP contribution in [0.1, 0.15) is 13.3 Å². The molecule has 1 heterocycles. The molecule has 5 nitrogen and oxygen atoms in total. The zero-order chi connectivity index (χ0) is 15.1. The van der Waals surface area contributed by atoms with Crippen molar-refractivity contribution in [2.75, 3.05) is 38.3 Å². The van der Waals surface area contributed by atoms with Crippen LogP contribution in [0.4, 0.5) is 5.69 Å². The smallest absolute Gasteiger partial charge is 0.188 e. The highest BCUT2D eigenvalue weighted by atomic mass is 16.5. The fourth-order valence-corrected chi connectivity index (χ4v) is 2.67. The molecule has 0 aliphatic carbocycles. The van der Waals surface area contributed by atoms with E-state index < -0.39 is 0 Å². The minimum atomic E-state index is 0.183. The Bertz CT molecular complexity index is 449. The molecule has 2 rings (SSSR count). The van der Waals surface area contributed by atoms with Gasteiger partial charge in [-0.3, -0.25) is 4.99 Å². The van der Waals surface area contributed by atoms with E-state index in [0.717, 1.165) is 19.6 Å². The lowest BCUT2D eigenvalue weighted by Gasteiger charge is -2.18. The molecule has 2 unspecified atom stereocenters. The fraction of sp³-hybridized carbons (Fsp3) is 0.562. The van der Waals surface area contributed by atoms with Crippen LogP contribution >= 0.6 is 0 Å². The Balaban J connectivity index is 1.77. The van der Waals surface area contributed by atoms with Crippen LogP contribution in [0.25, 0.3) is 0 Å². The van der Waals surface area contributed by atoms with Crippen molar-refractivity contribution in [3.63, 3.8) is 0 Å². The number of guanidine groups is 1. The molecule has 2 atom stereocenters. The third-order valence-corrected chi connectivity index (χ3v) is 3.74. The monoisotopic (exact) mass is 290 g/mol. The number of aliphatic imine (C=N–C) groups is 1. The number of anilines is 1. The first-order valence-electron chi connectivity index (χ1n) is 7.54. The second-order valence-electron chi connectivity index (χ2n) is 5.66. The first-order chi connectivity index (χ1) is 10.2. The molecule has 1 saturated heterocycles. The Morgan fingerprint density at radius 1 is 1.48 bits per heavy atom. The Labute approximate surface area is 127 Å². The SMILES string of the molecule is COCC(C)NC(N)=NCC1CCN(c2ccccc2)C1. The number of rotatable bonds is 6. The van der Waals surface area contributed by atoms with Crippen LogP contribution in [0.15, 0.2) is 35.3 Å². The van der Waals surface area contributed by atoms with E-state index in [1.807, 2.05) is 6.92 Å². The number of nitrogens with two attached hydrogens (primary N) is 1. The predicted molar refractivity (Wildman–Crippen MR) is 87.7 cm³/mol. The van der Waals surface area contributed by atoms with E-state index in [2.05, 4.69) is 45.5 Å². The number of benzene rings is 1. The fourth-order valence-electron chi connectivity index (χ4n) is 2.67. The molecule has 3 N–H and O–H groups in total. The summed E-state index contributed by atoms with van der Waals surface area (Å²) in [7, 11) is 1.68. The molecule has 0 amide bonds. The first-order valence-corrected chi connectivity index (χ1v) is 7.54. The van der Waals surface area contributed by atoms with Crippen LogP contribution in [0, 0.1) is 5.92 Å². The minimum absolute atomic E-state index is 0.183. The lowest BCUT2D eigenvalue weighted by atomic mass is 10.1. The summed E-state index contributed by atoms with van der Waals surface area (Å²) in [6.45, 7) is 5.58. The maximum Gasteiger partial charge on any atom is 0.188 e. The Kier molecular flexibility index (Phi) is 5.87. The van der Waals surface area contributed by atoms with Gasteiger partial charge in [-0.15, -0.1) is 0 Å². The lowest BCUT2D eigenvalue weighted by Crippen LogP contribution is -2.41. The molecule has 21 heavy (non-hydrogen) atoms. The van der Waals surface area contributed by atoms with Gasteiger partial charge >= 0.3 is 0 Å². The summed E-state index contributed by atoms with van der Waals surface area (Å²) in [5, 5.41) is 3.14. The van der Waals surface area contributed by atoms with Crippen LogP contribution in [-0.2, 0) is 4.74 Å². The summed E-state index contributed by atoms with van der Waals surface area (Å²) in [6, 6.07) is 10.7. The minimum Gasteiger partial charge on any atom is -0.383 e. The number of ether oxygens (including phenoxy) is 1. The van der Waals surface area contributed by atoms with E-state index in [-0.39, 0.29) is 6.04 Å². The highest BCUT2D eigenvalue weighted by molar-refractivity contribution is 5.78. The van der Waals surface area contributed by atoms with Crippen LogP contribution < -0.4 is 16.0 Å². The second-order valence-corrected chi connectivity index (χ2v) is 5.66. The summed E-state index contributed by atoms with van der Waals surface area (Å²) in [5.74, 6) is 1.08. The van der Waals surface area contributed by atoms with E-state index in [4.69, 9.17) is 10.5 Å². The van der Waals surface area contributed by atoms with Crippen molar-refractivity contribution in [1.82, 2.24) is 5.32 Å². The molecule has 1 aliphatic heterocycles. The second kappa shape index (κ2) is 7.88. The molecule has 1 fully saturated rings. The molecule has 116 valence electrons. The summed E-state index contributed by atoms with van der Waals surface area (Å²) >= 11 is 0. The Morgan fingerprint density at radius 3 is 2.95 bits per heavy atom. The van der Waals surface area contributed by atoms with Gasteiger partial charge < -0.3 is 20.7 Å². The van der Waals surface area contributed by atoms with Crippen molar-refractivity contribution in [3.8, 4) is 0 Å². The third-order valence-electron chi connectivity index (χ3n) is 3.74. The van der Waals surface area contributed by atoms with E-state index in [0.29, 0.717) is 18.5 Å². The first kappa shape index (κ1) is 15.6. The molecule has 1 aromatic rings. The van der Waals surface area contributed by atoms with Crippen molar-refractivity contribution in [2.45, 2.75) is 19.4 Å². The van der Waals surface area contributed by atoms with Gasteiger partial charge in [-0.05, 0) is 31.4 Å². The molecule has 0 spiro atoms. The molecular weight excluding hydrogens is 264 g/mol. The number of nitrogens with one attached hydrogen (secondary N) is 1. The highest BCUT2D eigenvalue weighted by Gasteiger charge is 2.22. The summed E-state index contributed by atoms with van der Waals surface area (Å²) in [6.07, 6.45) is 1.17. The topological polar surface area (TPSA) is 62.9 Å². The van der Waals surface area contributed by atoms with Gasteiger partial charge in [0.05, 0.1) is 6.61 Å². The molecule has 0 saturated carbocycles. The quantitative estimate of drug-likeness (QED) is 0.615. The normalized spacial score (nSPS) is 20.6. The molecule has 0 aromatic heterocycles. The summed E-state index contributed by atoms with van der Waals surface area (Å²) < 4.78 is 5.07. The van der Waals surface area contributed by atoms with E-state index in [1.54, 1.807) is 7.11 Å². The number of hydrogen-bond acceptors (Lipinski definition) is 3. The van der Waals surface area contributed by atoms with Gasteiger partial charge in [0.2, 0.25) is 0 Å². The Hall–Kier alpha value is -1.75. The van der Waals surface area contributed by atoms with Gasteiger partial charge in [0.15, 0.2) is 5.96 Å². The van der Waals surface area contributed by atoms with Gasteiger partial charge in [0.25, 0.3) is 0 Å². The van der Waals surface area contributed by atoms with Gasteiger partial charge in [-0.2, -0.15) is 0 Å². The number of methoxy groups -OCH3 is 1. The van der Waals surface area contributed by atoms with Crippen LogP contribution in [0.2, 0.25) is 0 Å². The van der Waals surface area contributed by atoms with Crippen molar-refractivity contribution < 1.29 is 4.74 Å². The third kappa shape index (κ3) is 4.93. The number of hydrogen-bond donors (Lipinski definition) is 2. The van der Waals surface area contributed by atoms with Gasteiger partial charge in [-0.1, -0.05) is 18.2 Å². The van der Waals surface area contributed by atoms with E-state index in [9.17, 15) is 0 Å². The predicted octanol–water partition coefficient (Wildman–Crippen LogP) is 1.45. The highest BCUT2D eigenvalue weighted by Crippen LogP contribution is 2.23. The standard InChI is InChI=1S/C16H26N4O/c1-13(12-21-2)19-16(17)18-10-14-8-9-20(11-14)15-6-4-3-5-7-15/h3-7,13-14H,8-12H2,1-2H3,(H3,17,18,19). The van der Waals surface area contributed by atoms with Crippen LogP contribution in [0.5, 0.6) is 0 Å². The van der Waals surface area contributed by atoms with Crippen molar-refractivity contribution >= 4 is 11.6 Å². The van der Waals surface area contributed by atoms with Crippen LogP contribution in [0.3, 0.4) is 0 Å². The van der Waals surface area contributed by atoms with E-state index >= 15 is 0 Å². The largest absolute Gasteiger partial charge is 0.383 e. The maximum absolute atomic E-state index is 5.90. The molecule has 5 heteroatoms. The number of nitrogens with zero attached hydrogens (tertiary/aromatic N) is 2. The van der Waals surface area contributed by atoms with E-state index in [1.165, 1.54) is 12.1 Å². The molecule has 1 aliphatic rings. The van der Waals surface area contributed by atoms with Crippen molar-refractivity contribution in [2.24, 2.45) is 16.6 Å². The zero-order valence-corrected chi connectivity index (χ0v) is 13.0.